The van der Waals surface area contributed by atoms with Crippen molar-refractivity contribution in [2.24, 2.45) is 5.92 Å². The summed E-state index contributed by atoms with van der Waals surface area (Å²) in [5.74, 6) is -0.110. The quantitative estimate of drug-likeness (QED) is 0.289. The predicted octanol–water partition coefficient (Wildman–Crippen LogP) is 7.42. The van der Waals surface area contributed by atoms with Gasteiger partial charge in [-0.2, -0.15) is 0 Å². The van der Waals surface area contributed by atoms with Crippen molar-refractivity contribution in [3.8, 4) is 11.3 Å². The monoisotopic (exact) mass is 512 g/mol. The maximum absolute atomic E-state index is 13.8. The molecule has 0 radical (unpaired) electrons. The van der Waals surface area contributed by atoms with E-state index >= 15 is 0 Å². The number of thiophene rings is 1. The van der Waals surface area contributed by atoms with Crippen LogP contribution in [-0.4, -0.2) is 24.0 Å². The Bertz CT molecular complexity index is 1500. The lowest BCUT2D eigenvalue weighted by molar-refractivity contribution is 0.0601. The number of rotatable bonds is 4. The van der Waals surface area contributed by atoms with Gasteiger partial charge in [0, 0.05) is 15.8 Å². The van der Waals surface area contributed by atoms with Crippen molar-refractivity contribution in [1.82, 2.24) is 4.98 Å². The first-order valence-corrected chi connectivity index (χ1v) is 13.5. The van der Waals surface area contributed by atoms with Crippen LogP contribution in [0.5, 0.6) is 0 Å². The molecule has 5 rings (SSSR count). The lowest BCUT2D eigenvalue weighted by Gasteiger charge is -2.19. The summed E-state index contributed by atoms with van der Waals surface area (Å²) in [4.78, 5) is 32.5. The average Bonchev–Trinajstić information content (AvgIpc) is 3.23. The zero-order valence-electron chi connectivity index (χ0n) is 22.0. The number of para-hydroxylation sites is 1. The van der Waals surface area contributed by atoms with E-state index in [1.165, 1.54) is 24.0 Å². The summed E-state index contributed by atoms with van der Waals surface area (Å²) < 4.78 is 5.10. The summed E-state index contributed by atoms with van der Waals surface area (Å²) in [5, 5.41) is 4.40. The highest BCUT2D eigenvalue weighted by atomic mass is 32.1. The van der Waals surface area contributed by atoms with Gasteiger partial charge in [-0.15, -0.1) is 11.3 Å². The van der Waals surface area contributed by atoms with Crippen LogP contribution in [0.4, 0.5) is 5.00 Å². The number of carbonyl (C=O) groups is 2. The zero-order chi connectivity index (χ0) is 26.3. The van der Waals surface area contributed by atoms with Crippen LogP contribution in [0.1, 0.15) is 70.8 Å². The SMILES string of the molecule is COC(=O)c1c(NC(=O)c2cc(-c3ccc(C(C)(C)C)cc3)nc3ccccc23)sc2c1CC[C@H](C)C2. The molecule has 1 N–H and O–H groups in total. The van der Waals surface area contributed by atoms with Gasteiger partial charge in [-0.1, -0.05) is 70.2 Å². The molecule has 2 aromatic heterocycles. The summed E-state index contributed by atoms with van der Waals surface area (Å²) in [6.45, 7) is 8.77. The number of ether oxygens (including phenoxy) is 1. The third-order valence-electron chi connectivity index (χ3n) is 7.14. The van der Waals surface area contributed by atoms with E-state index in [-0.39, 0.29) is 11.3 Å². The topological polar surface area (TPSA) is 68.3 Å². The van der Waals surface area contributed by atoms with Crippen molar-refractivity contribution in [3.63, 3.8) is 0 Å². The first-order valence-electron chi connectivity index (χ1n) is 12.7. The Morgan fingerprint density at radius 3 is 2.51 bits per heavy atom. The number of esters is 1. The summed E-state index contributed by atoms with van der Waals surface area (Å²) in [6, 6.07) is 17.9. The summed E-state index contributed by atoms with van der Waals surface area (Å²) in [6.07, 6.45) is 2.75. The number of nitrogens with zero attached hydrogens (tertiary/aromatic N) is 1. The molecule has 0 aliphatic heterocycles. The molecular formula is C31H32N2O3S. The zero-order valence-corrected chi connectivity index (χ0v) is 22.8. The summed E-state index contributed by atoms with van der Waals surface area (Å²) in [5.41, 5.74) is 5.76. The molecule has 0 saturated heterocycles. The molecule has 2 aromatic carbocycles. The Labute approximate surface area is 221 Å². The van der Waals surface area contributed by atoms with E-state index in [4.69, 9.17) is 9.72 Å². The number of amides is 1. The number of nitrogens with one attached hydrogen (secondary N) is 1. The van der Waals surface area contributed by atoms with Crippen LogP contribution in [0.3, 0.4) is 0 Å². The molecule has 0 saturated carbocycles. The molecule has 1 atom stereocenters. The minimum atomic E-state index is -0.401. The molecule has 0 bridgehead atoms. The maximum atomic E-state index is 13.8. The first-order chi connectivity index (χ1) is 17.7. The van der Waals surface area contributed by atoms with Crippen molar-refractivity contribution in [2.45, 2.75) is 52.4 Å². The molecular weight excluding hydrogens is 480 g/mol. The van der Waals surface area contributed by atoms with Crippen LogP contribution in [0.2, 0.25) is 0 Å². The number of benzene rings is 2. The first kappa shape index (κ1) is 25.2. The van der Waals surface area contributed by atoms with Crippen LogP contribution in [-0.2, 0) is 23.0 Å². The Morgan fingerprint density at radius 2 is 1.81 bits per heavy atom. The van der Waals surface area contributed by atoms with Crippen molar-refractivity contribution in [3.05, 3.63) is 81.7 Å². The molecule has 4 aromatic rings. The summed E-state index contributed by atoms with van der Waals surface area (Å²) >= 11 is 1.49. The third-order valence-corrected chi connectivity index (χ3v) is 8.31. The highest BCUT2D eigenvalue weighted by molar-refractivity contribution is 7.17. The molecule has 0 unspecified atom stereocenters. The maximum Gasteiger partial charge on any atom is 0.341 e. The van der Waals surface area contributed by atoms with Crippen molar-refractivity contribution in [2.75, 3.05) is 12.4 Å². The van der Waals surface area contributed by atoms with Gasteiger partial charge in [-0.3, -0.25) is 4.79 Å². The molecule has 1 aliphatic carbocycles. The molecule has 0 fully saturated rings. The van der Waals surface area contributed by atoms with Gasteiger partial charge < -0.3 is 10.1 Å². The number of methoxy groups -OCH3 is 1. The van der Waals surface area contributed by atoms with E-state index < -0.39 is 5.97 Å². The second-order valence-electron chi connectivity index (χ2n) is 10.9. The smallest absolute Gasteiger partial charge is 0.341 e. The second-order valence-corrected chi connectivity index (χ2v) is 12.0. The van der Waals surface area contributed by atoms with Crippen LogP contribution in [0.15, 0.2) is 54.6 Å². The number of fused-ring (bicyclic) bond motifs is 2. The van der Waals surface area contributed by atoms with E-state index in [0.29, 0.717) is 22.0 Å². The Hall–Kier alpha value is -3.51. The highest BCUT2D eigenvalue weighted by Crippen LogP contribution is 2.40. The Morgan fingerprint density at radius 1 is 1.08 bits per heavy atom. The second kappa shape index (κ2) is 9.75. The standard InChI is InChI=1S/C31H32N2O3S/c1-18-10-15-22-26(16-18)37-29(27(22)30(35)36-5)33-28(34)23-17-25(32-24-9-7-6-8-21(23)24)19-11-13-20(14-12-19)31(2,3)4/h6-9,11-14,17-18H,10,15-16H2,1-5H3,(H,33,34)/t18-/m0/s1. The van der Waals surface area contributed by atoms with Gasteiger partial charge in [-0.05, 0) is 53.9 Å². The fourth-order valence-electron chi connectivity index (χ4n) is 4.98. The Kier molecular flexibility index (Phi) is 6.63. The van der Waals surface area contributed by atoms with Gasteiger partial charge in [0.05, 0.1) is 29.4 Å². The number of aromatic nitrogens is 1. The highest BCUT2D eigenvalue weighted by Gasteiger charge is 2.29. The number of hydrogen-bond acceptors (Lipinski definition) is 5. The summed E-state index contributed by atoms with van der Waals surface area (Å²) in [7, 11) is 1.39. The molecule has 6 heteroatoms. The van der Waals surface area contributed by atoms with Gasteiger partial charge in [0.25, 0.3) is 5.91 Å². The fraction of sp³-hybridized carbons (Fsp3) is 0.323. The molecule has 2 heterocycles. The number of carbonyl (C=O) groups excluding carboxylic acids is 2. The predicted molar refractivity (Wildman–Crippen MR) is 151 cm³/mol. The minimum absolute atomic E-state index is 0.0510. The molecule has 37 heavy (non-hydrogen) atoms. The van der Waals surface area contributed by atoms with Gasteiger partial charge in [0.2, 0.25) is 0 Å². The van der Waals surface area contributed by atoms with E-state index in [1.54, 1.807) is 0 Å². The molecule has 5 nitrogen and oxygen atoms in total. The normalized spacial score (nSPS) is 15.3. The van der Waals surface area contributed by atoms with Crippen LogP contribution >= 0.6 is 11.3 Å². The van der Waals surface area contributed by atoms with Crippen LogP contribution in [0.25, 0.3) is 22.2 Å². The average molecular weight is 513 g/mol. The number of hydrogen-bond donors (Lipinski definition) is 1. The van der Waals surface area contributed by atoms with Crippen molar-refractivity contribution < 1.29 is 14.3 Å². The van der Waals surface area contributed by atoms with Gasteiger partial charge >= 0.3 is 5.97 Å². The molecule has 0 spiro atoms. The fourth-order valence-corrected chi connectivity index (χ4v) is 6.37. The number of anilines is 1. The van der Waals surface area contributed by atoms with Crippen LogP contribution in [0, 0.1) is 5.92 Å². The lowest BCUT2D eigenvalue weighted by Crippen LogP contribution is -2.16. The van der Waals surface area contributed by atoms with E-state index in [1.807, 2.05) is 30.3 Å². The van der Waals surface area contributed by atoms with Crippen molar-refractivity contribution in [1.29, 1.82) is 0 Å². The molecule has 1 aliphatic rings. The van der Waals surface area contributed by atoms with Gasteiger partial charge in [0.15, 0.2) is 0 Å². The number of pyridine rings is 1. The van der Waals surface area contributed by atoms with E-state index in [0.717, 1.165) is 51.9 Å². The largest absolute Gasteiger partial charge is 0.465 e. The Balaban J connectivity index is 1.56. The van der Waals surface area contributed by atoms with E-state index in [9.17, 15) is 9.59 Å². The van der Waals surface area contributed by atoms with Crippen LogP contribution < -0.4 is 5.32 Å². The van der Waals surface area contributed by atoms with Gasteiger partial charge in [0.1, 0.15) is 5.00 Å². The lowest BCUT2D eigenvalue weighted by atomic mass is 9.86. The molecule has 1 amide bonds. The van der Waals surface area contributed by atoms with Gasteiger partial charge in [-0.25, -0.2) is 9.78 Å². The van der Waals surface area contributed by atoms with Crippen molar-refractivity contribution >= 4 is 39.1 Å². The van der Waals surface area contributed by atoms with E-state index in [2.05, 4.69) is 57.3 Å². The minimum Gasteiger partial charge on any atom is -0.465 e. The molecule has 190 valence electrons. The third kappa shape index (κ3) is 4.90.